The fraction of sp³-hybridized carbons (Fsp3) is 0.375. The van der Waals surface area contributed by atoms with Crippen LogP contribution >= 0.6 is 0 Å². The molecule has 6 nitrogen and oxygen atoms in total. The molecule has 0 saturated carbocycles. The third-order valence-electron chi connectivity index (χ3n) is 6.38. The van der Waals surface area contributed by atoms with Gasteiger partial charge < -0.3 is 18.9 Å². The molecule has 38 heavy (non-hydrogen) atoms. The Bertz CT molecular complexity index is 1260. The van der Waals surface area contributed by atoms with Crippen LogP contribution in [0.2, 0.25) is 0 Å². The Balaban J connectivity index is 2.29. The summed E-state index contributed by atoms with van der Waals surface area (Å²) in [4.78, 5) is 28.5. The van der Waals surface area contributed by atoms with Crippen LogP contribution in [0, 0.1) is 17.4 Å². The highest BCUT2D eigenvalue weighted by atomic mass is 16.5. The number of ether oxygens (including phenoxy) is 4. The second kappa shape index (κ2) is 12.2. The van der Waals surface area contributed by atoms with Crippen LogP contribution in [0.15, 0.2) is 48.5 Å². The second-order valence-electron chi connectivity index (χ2n) is 10.6. The Labute approximate surface area is 225 Å². The molecule has 201 valence electrons. The Hall–Kier alpha value is -3.80. The molecule has 0 fully saturated rings. The smallest absolute Gasteiger partial charge is 0.201 e. The Morgan fingerprint density at radius 3 is 1.61 bits per heavy atom. The van der Waals surface area contributed by atoms with Gasteiger partial charge in [-0.3, -0.25) is 9.59 Å². The molecular formula is C32H37O6. The van der Waals surface area contributed by atoms with Crippen molar-refractivity contribution in [2.24, 2.45) is 11.3 Å². The number of rotatable bonds is 11. The number of hydrogen-bond donors (Lipinski definition) is 0. The van der Waals surface area contributed by atoms with Crippen LogP contribution in [0.1, 0.15) is 71.5 Å². The first-order valence-electron chi connectivity index (χ1n) is 12.6. The summed E-state index contributed by atoms with van der Waals surface area (Å²) in [5.74, 6) is 0.894. The molecule has 0 aliphatic heterocycles. The van der Waals surface area contributed by atoms with Crippen molar-refractivity contribution in [2.75, 3.05) is 28.4 Å². The molecule has 1 atom stereocenters. The zero-order chi connectivity index (χ0) is 28.0. The summed E-state index contributed by atoms with van der Waals surface area (Å²) in [6.07, 6.45) is 1.55. The van der Waals surface area contributed by atoms with Crippen LogP contribution in [0.3, 0.4) is 0 Å². The van der Waals surface area contributed by atoms with Crippen LogP contribution in [0.4, 0.5) is 0 Å². The molecule has 0 amide bonds. The van der Waals surface area contributed by atoms with E-state index in [9.17, 15) is 9.59 Å². The van der Waals surface area contributed by atoms with E-state index in [4.69, 9.17) is 18.9 Å². The monoisotopic (exact) mass is 517 g/mol. The molecular weight excluding hydrogens is 480 g/mol. The van der Waals surface area contributed by atoms with Crippen molar-refractivity contribution in [1.82, 2.24) is 0 Å². The highest BCUT2D eigenvalue weighted by molar-refractivity contribution is 6.22. The van der Waals surface area contributed by atoms with Crippen molar-refractivity contribution in [3.63, 3.8) is 0 Å². The van der Waals surface area contributed by atoms with E-state index < -0.39 is 5.78 Å². The largest absolute Gasteiger partial charge is 0.496 e. The van der Waals surface area contributed by atoms with Crippen LogP contribution in [0.25, 0.3) is 0 Å². The van der Waals surface area contributed by atoms with Gasteiger partial charge in [-0.2, -0.15) is 0 Å². The summed E-state index contributed by atoms with van der Waals surface area (Å²) in [6, 6.07) is 16.9. The molecule has 0 aliphatic carbocycles. The van der Waals surface area contributed by atoms with Crippen molar-refractivity contribution in [3.8, 4) is 23.0 Å². The minimum atomic E-state index is -0.415. The number of hydrogen-bond acceptors (Lipinski definition) is 6. The van der Waals surface area contributed by atoms with E-state index >= 15 is 0 Å². The van der Waals surface area contributed by atoms with Gasteiger partial charge in [0.05, 0.1) is 28.4 Å². The third-order valence-corrected chi connectivity index (χ3v) is 6.38. The first kappa shape index (κ1) is 28.8. The van der Waals surface area contributed by atoms with E-state index in [1.165, 1.54) is 28.4 Å². The molecule has 0 bridgehead atoms. The number of ketones is 2. The molecule has 0 saturated heterocycles. The molecule has 0 N–H and O–H groups in total. The van der Waals surface area contributed by atoms with Gasteiger partial charge in [-0.15, -0.1) is 0 Å². The van der Waals surface area contributed by atoms with E-state index in [1.807, 2.05) is 6.07 Å². The predicted octanol–water partition coefficient (Wildman–Crippen LogP) is 6.60. The molecule has 1 radical (unpaired) electrons. The molecule has 0 aromatic heterocycles. The van der Waals surface area contributed by atoms with Crippen molar-refractivity contribution in [3.05, 3.63) is 82.4 Å². The standard InChI is InChI=1S/C32H37O6/c1-20(19-32(2,3)4)18-21-12-9-13-22(30(33)28-23(35-5)14-10-15-24(28)36-6)27(21)31(34)29-25(37-7)16-11-17-26(29)38-8/h9-12,14-17,20H,18-19H2,1-8H3. The van der Waals surface area contributed by atoms with Gasteiger partial charge in [0.1, 0.15) is 34.1 Å². The highest BCUT2D eigenvalue weighted by Gasteiger charge is 2.30. The van der Waals surface area contributed by atoms with Crippen LogP contribution in [0.5, 0.6) is 23.0 Å². The topological polar surface area (TPSA) is 71.1 Å². The van der Waals surface area contributed by atoms with Gasteiger partial charge in [-0.05, 0) is 60.1 Å². The third kappa shape index (κ3) is 6.18. The normalized spacial score (nSPS) is 12.0. The lowest BCUT2D eigenvalue weighted by molar-refractivity contribution is 0.0995. The number of benzene rings is 3. The Kier molecular flexibility index (Phi) is 9.21. The molecule has 0 heterocycles. The molecule has 3 aromatic rings. The van der Waals surface area contributed by atoms with Crippen molar-refractivity contribution >= 4 is 11.6 Å². The van der Waals surface area contributed by atoms with Crippen molar-refractivity contribution < 1.29 is 28.5 Å². The highest BCUT2D eigenvalue weighted by Crippen LogP contribution is 2.37. The SMILES string of the molecule is COc1cccc(OC)c1C(=O)c1[c]ccc(CC(C)CC(C)(C)C)c1C(=O)c1c(OC)cccc1OC. The van der Waals surface area contributed by atoms with E-state index in [0.29, 0.717) is 29.4 Å². The molecule has 3 aromatic carbocycles. The van der Waals surface area contributed by atoms with E-state index in [2.05, 4.69) is 33.8 Å². The maximum Gasteiger partial charge on any atom is 0.201 e. The summed E-state index contributed by atoms with van der Waals surface area (Å²) < 4.78 is 22.1. The average Bonchev–Trinajstić information content (AvgIpc) is 2.89. The Morgan fingerprint density at radius 2 is 1.18 bits per heavy atom. The quantitative estimate of drug-likeness (QED) is 0.267. The molecule has 3 rings (SSSR count). The van der Waals surface area contributed by atoms with Gasteiger partial charge >= 0.3 is 0 Å². The fourth-order valence-electron chi connectivity index (χ4n) is 5.04. The summed E-state index contributed by atoms with van der Waals surface area (Å²) >= 11 is 0. The van der Waals surface area contributed by atoms with Crippen molar-refractivity contribution in [2.45, 2.75) is 40.5 Å². The van der Waals surface area contributed by atoms with E-state index in [1.54, 1.807) is 42.5 Å². The fourth-order valence-corrected chi connectivity index (χ4v) is 5.04. The van der Waals surface area contributed by atoms with Crippen molar-refractivity contribution in [1.29, 1.82) is 0 Å². The maximum atomic E-state index is 14.4. The van der Waals surface area contributed by atoms with E-state index in [-0.39, 0.29) is 39.4 Å². The van der Waals surface area contributed by atoms with Gasteiger partial charge in [-0.25, -0.2) is 0 Å². The lowest BCUT2D eigenvalue weighted by atomic mass is 9.80. The van der Waals surface area contributed by atoms with Gasteiger partial charge in [-0.1, -0.05) is 52.0 Å². The van der Waals surface area contributed by atoms with Gasteiger partial charge in [0, 0.05) is 11.1 Å². The maximum absolute atomic E-state index is 14.4. The van der Waals surface area contributed by atoms with Crippen LogP contribution in [-0.4, -0.2) is 40.0 Å². The number of carbonyl (C=O) groups is 2. The zero-order valence-corrected chi connectivity index (χ0v) is 23.6. The average molecular weight is 518 g/mol. The zero-order valence-electron chi connectivity index (χ0n) is 23.6. The molecule has 1 unspecified atom stereocenters. The van der Waals surface area contributed by atoms with Gasteiger partial charge in [0.25, 0.3) is 0 Å². The number of methoxy groups -OCH3 is 4. The molecule has 6 heteroatoms. The summed E-state index contributed by atoms with van der Waals surface area (Å²) in [5, 5.41) is 0. The second-order valence-corrected chi connectivity index (χ2v) is 10.6. The predicted molar refractivity (Wildman–Crippen MR) is 148 cm³/mol. The summed E-state index contributed by atoms with van der Waals surface area (Å²) in [5.41, 5.74) is 1.77. The molecule has 0 spiro atoms. The first-order valence-corrected chi connectivity index (χ1v) is 12.6. The van der Waals surface area contributed by atoms with Gasteiger partial charge in [0.2, 0.25) is 11.6 Å². The number of carbonyl (C=O) groups excluding carboxylic acids is 2. The van der Waals surface area contributed by atoms with Crippen LogP contribution < -0.4 is 18.9 Å². The lowest BCUT2D eigenvalue weighted by Gasteiger charge is -2.24. The van der Waals surface area contributed by atoms with E-state index in [0.717, 1.165) is 12.0 Å². The summed E-state index contributed by atoms with van der Waals surface area (Å²) in [6.45, 7) is 8.73. The lowest BCUT2D eigenvalue weighted by Crippen LogP contribution is -2.19. The minimum absolute atomic E-state index is 0.111. The molecule has 0 aliphatic rings. The minimum Gasteiger partial charge on any atom is -0.496 e. The van der Waals surface area contributed by atoms with Gasteiger partial charge in [0.15, 0.2) is 0 Å². The van der Waals surface area contributed by atoms with Crippen LogP contribution in [-0.2, 0) is 6.42 Å². The summed E-state index contributed by atoms with van der Waals surface area (Å²) in [7, 11) is 5.98. The Morgan fingerprint density at radius 1 is 0.737 bits per heavy atom. The first-order chi connectivity index (χ1) is 18.1.